The molecule has 0 fully saturated rings. The van der Waals surface area contributed by atoms with Gasteiger partial charge in [-0.25, -0.2) is 0 Å². The zero-order chi connectivity index (χ0) is 13.8. The molecule has 0 aliphatic rings. The molecule has 2 rings (SSSR count). The molecule has 0 aliphatic carbocycles. The lowest BCUT2D eigenvalue weighted by atomic mass is 10.1. The second kappa shape index (κ2) is 5.99. The Labute approximate surface area is 116 Å². The number of aryl methyl sites for hydroxylation is 2. The molecular weight excluding hydrogens is 258 g/mol. The highest BCUT2D eigenvalue weighted by molar-refractivity contribution is 7.79. The van der Waals surface area contributed by atoms with Crippen LogP contribution < -0.4 is 4.90 Å². The molecule has 19 heavy (non-hydrogen) atoms. The quantitative estimate of drug-likeness (QED) is 0.804. The first kappa shape index (κ1) is 13.8. The molecule has 2 aromatic carbocycles. The number of nitrogens with zero attached hydrogens (tertiary/aromatic N) is 1. The van der Waals surface area contributed by atoms with Crippen molar-refractivity contribution < 1.29 is 8.76 Å². The van der Waals surface area contributed by atoms with E-state index in [2.05, 4.69) is 6.07 Å². The normalized spacial score (nSPS) is 12.2. The number of hydrogen-bond donors (Lipinski definition) is 0. The van der Waals surface area contributed by atoms with E-state index in [-0.39, 0.29) is 5.88 Å². The van der Waals surface area contributed by atoms with Crippen molar-refractivity contribution in [1.29, 1.82) is 0 Å². The summed E-state index contributed by atoms with van der Waals surface area (Å²) < 4.78 is 22.2. The molecule has 0 bridgehead atoms. The standard InChI is InChI=1S/C15H17NO2S/c1-12-8-9-15(13(2)10-12)16(11-19(17)18)14-6-4-3-5-7-14/h3-10H,11H2,1-2H3,(H,17,18)/p-1. The van der Waals surface area contributed by atoms with Crippen LogP contribution in [0.5, 0.6) is 0 Å². The van der Waals surface area contributed by atoms with E-state index in [9.17, 15) is 8.76 Å². The predicted octanol–water partition coefficient (Wildman–Crippen LogP) is 3.28. The fraction of sp³-hybridized carbons (Fsp3) is 0.200. The Hall–Kier alpha value is -1.65. The van der Waals surface area contributed by atoms with E-state index in [0.29, 0.717) is 0 Å². The van der Waals surface area contributed by atoms with Gasteiger partial charge in [0, 0.05) is 11.4 Å². The molecule has 0 saturated carbocycles. The van der Waals surface area contributed by atoms with Crippen molar-refractivity contribution >= 4 is 22.5 Å². The molecule has 0 N–H and O–H groups in total. The van der Waals surface area contributed by atoms with Crippen LogP contribution >= 0.6 is 0 Å². The molecule has 100 valence electrons. The van der Waals surface area contributed by atoms with Crippen LogP contribution in [0.3, 0.4) is 0 Å². The molecule has 3 nitrogen and oxygen atoms in total. The fourth-order valence-electron chi connectivity index (χ4n) is 2.10. The maximum absolute atomic E-state index is 11.1. The highest BCUT2D eigenvalue weighted by atomic mass is 32.2. The summed E-state index contributed by atoms with van der Waals surface area (Å²) in [5.41, 5.74) is 4.02. The summed E-state index contributed by atoms with van der Waals surface area (Å²) >= 11 is -2.13. The minimum atomic E-state index is -2.13. The number of rotatable bonds is 4. The molecule has 0 aromatic heterocycles. The van der Waals surface area contributed by atoms with Crippen molar-refractivity contribution in [2.45, 2.75) is 13.8 Å². The maximum atomic E-state index is 11.1. The Morgan fingerprint density at radius 3 is 2.37 bits per heavy atom. The maximum Gasteiger partial charge on any atom is 0.0854 e. The van der Waals surface area contributed by atoms with Gasteiger partial charge in [0.05, 0.1) is 5.88 Å². The third-order valence-corrected chi connectivity index (χ3v) is 3.41. The zero-order valence-electron chi connectivity index (χ0n) is 11.0. The van der Waals surface area contributed by atoms with Crippen LogP contribution in [0.15, 0.2) is 48.5 Å². The smallest absolute Gasteiger partial charge is 0.0854 e. The van der Waals surface area contributed by atoms with Crippen molar-refractivity contribution in [3.05, 3.63) is 59.7 Å². The number of anilines is 2. The Kier molecular flexibility index (Phi) is 4.35. The summed E-state index contributed by atoms with van der Waals surface area (Å²) in [6.07, 6.45) is 0. The largest absolute Gasteiger partial charge is 0.771 e. The van der Waals surface area contributed by atoms with Gasteiger partial charge >= 0.3 is 0 Å². The summed E-state index contributed by atoms with van der Waals surface area (Å²) in [5.74, 6) is -0.0477. The number of benzene rings is 2. The van der Waals surface area contributed by atoms with E-state index < -0.39 is 11.1 Å². The first-order valence-electron chi connectivity index (χ1n) is 6.03. The molecule has 0 aliphatic heterocycles. The Morgan fingerprint density at radius 1 is 1.11 bits per heavy atom. The van der Waals surface area contributed by atoms with Crippen LogP contribution in [0.2, 0.25) is 0 Å². The van der Waals surface area contributed by atoms with Crippen LogP contribution in [-0.2, 0) is 11.1 Å². The first-order chi connectivity index (χ1) is 9.08. The van der Waals surface area contributed by atoms with Crippen molar-refractivity contribution in [3.8, 4) is 0 Å². The lowest BCUT2D eigenvalue weighted by Crippen LogP contribution is -2.22. The van der Waals surface area contributed by atoms with Gasteiger partial charge in [0.15, 0.2) is 0 Å². The Balaban J connectivity index is 2.46. The molecule has 0 saturated heterocycles. The van der Waals surface area contributed by atoms with E-state index in [1.165, 1.54) is 0 Å². The minimum absolute atomic E-state index is 0.0477. The lowest BCUT2D eigenvalue weighted by molar-refractivity contribution is 0.537. The van der Waals surface area contributed by atoms with Gasteiger partial charge in [-0.1, -0.05) is 35.9 Å². The molecule has 0 spiro atoms. The average molecular weight is 274 g/mol. The predicted molar refractivity (Wildman–Crippen MR) is 78.3 cm³/mol. The molecular formula is C15H16NO2S-. The van der Waals surface area contributed by atoms with Crippen LogP contribution in [-0.4, -0.2) is 14.6 Å². The third kappa shape index (κ3) is 3.43. The highest BCUT2D eigenvalue weighted by Gasteiger charge is 2.11. The van der Waals surface area contributed by atoms with Crippen LogP contribution in [0.4, 0.5) is 11.4 Å². The highest BCUT2D eigenvalue weighted by Crippen LogP contribution is 2.28. The van der Waals surface area contributed by atoms with Gasteiger partial charge in [0.2, 0.25) is 0 Å². The van der Waals surface area contributed by atoms with E-state index in [1.807, 2.05) is 56.3 Å². The first-order valence-corrected chi connectivity index (χ1v) is 7.28. The van der Waals surface area contributed by atoms with Crippen molar-refractivity contribution in [3.63, 3.8) is 0 Å². The van der Waals surface area contributed by atoms with Gasteiger partial charge in [-0.15, -0.1) is 0 Å². The molecule has 0 heterocycles. The second-order valence-corrected chi connectivity index (χ2v) is 5.35. The molecule has 4 heteroatoms. The average Bonchev–Trinajstić information content (AvgIpc) is 2.37. The van der Waals surface area contributed by atoms with E-state index in [4.69, 9.17) is 0 Å². The van der Waals surface area contributed by atoms with Gasteiger partial charge in [-0.2, -0.15) is 0 Å². The van der Waals surface area contributed by atoms with Gasteiger partial charge in [0.25, 0.3) is 0 Å². The second-order valence-electron chi connectivity index (χ2n) is 4.49. The van der Waals surface area contributed by atoms with Crippen LogP contribution in [0, 0.1) is 13.8 Å². The van der Waals surface area contributed by atoms with Gasteiger partial charge in [-0.05, 0) is 48.7 Å². The summed E-state index contributed by atoms with van der Waals surface area (Å²) in [6, 6.07) is 15.5. The van der Waals surface area contributed by atoms with E-state index in [1.54, 1.807) is 4.90 Å². The van der Waals surface area contributed by atoms with Crippen LogP contribution in [0.1, 0.15) is 11.1 Å². The Morgan fingerprint density at radius 2 is 1.79 bits per heavy atom. The monoisotopic (exact) mass is 274 g/mol. The van der Waals surface area contributed by atoms with Crippen molar-refractivity contribution in [2.24, 2.45) is 0 Å². The Bertz CT molecular complexity index is 584. The molecule has 0 radical (unpaired) electrons. The van der Waals surface area contributed by atoms with E-state index >= 15 is 0 Å². The number of hydrogen-bond acceptors (Lipinski definition) is 3. The summed E-state index contributed by atoms with van der Waals surface area (Å²) in [5, 5.41) is 0. The van der Waals surface area contributed by atoms with Crippen molar-refractivity contribution in [2.75, 3.05) is 10.8 Å². The molecule has 0 amide bonds. The molecule has 2 aromatic rings. The van der Waals surface area contributed by atoms with Crippen LogP contribution in [0.25, 0.3) is 0 Å². The summed E-state index contributed by atoms with van der Waals surface area (Å²) in [6.45, 7) is 4.02. The van der Waals surface area contributed by atoms with Gasteiger partial charge < -0.3 is 9.45 Å². The third-order valence-electron chi connectivity index (χ3n) is 2.95. The molecule has 1 atom stereocenters. The van der Waals surface area contributed by atoms with E-state index in [0.717, 1.165) is 22.5 Å². The fourth-order valence-corrected chi connectivity index (χ4v) is 2.60. The SMILES string of the molecule is Cc1ccc(N(CS(=O)[O-])c2ccccc2)c(C)c1. The van der Waals surface area contributed by atoms with Crippen molar-refractivity contribution in [1.82, 2.24) is 0 Å². The zero-order valence-corrected chi connectivity index (χ0v) is 11.8. The minimum Gasteiger partial charge on any atom is -0.771 e. The lowest BCUT2D eigenvalue weighted by Gasteiger charge is -2.27. The number of para-hydroxylation sites is 1. The van der Waals surface area contributed by atoms with Gasteiger partial charge in [-0.3, -0.25) is 4.21 Å². The van der Waals surface area contributed by atoms with Gasteiger partial charge in [0.1, 0.15) is 0 Å². The summed E-state index contributed by atoms with van der Waals surface area (Å²) in [4.78, 5) is 1.80. The topological polar surface area (TPSA) is 43.4 Å². The summed E-state index contributed by atoms with van der Waals surface area (Å²) in [7, 11) is 0. The molecule has 1 unspecified atom stereocenters.